The van der Waals surface area contributed by atoms with E-state index in [2.05, 4.69) is 35.8 Å². The van der Waals surface area contributed by atoms with Crippen LogP contribution in [0.4, 0.5) is 0 Å². The van der Waals surface area contributed by atoms with Gasteiger partial charge in [-0.2, -0.15) is 0 Å². The number of para-hydroxylation sites is 2. The minimum atomic E-state index is 0.697. The lowest BCUT2D eigenvalue weighted by atomic mass is 10.0. The Balaban J connectivity index is 2.13. The van der Waals surface area contributed by atoms with Gasteiger partial charge in [0, 0.05) is 12.5 Å². The molecule has 2 heteroatoms. The molecule has 0 unspecified atom stereocenters. The van der Waals surface area contributed by atoms with Crippen molar-refractivity contribution >= 4 is 11.0 Å². The molecule has 3 rings (SSSR count). The number of nitrogens with zero attached hydrogens (tertiary/aromatic N) is 2. The van der Waals surface area contributed by atoms with E-state index >= 15 is 0 Å². The Labute approximate surface area is 89.9 Å². The first-order valence-electron chi connectivity index (χ1n) is 5.85. The van der Waals surface area contributed by atoms with Crippen LogP contribution in [0.2, 0.25) is 0 Å². The molecule has 15 heavy (non-hydrogen) atoms. The Morgan fingerprint density at radius 3 is 3.13 bits per heavy atom. The molecule has 0 bridgehead atoms. The Morgan fingerprint density at radius 2 is 2.27 bits per heavy atom. The van der Waals surface area contributed by atoms with E-state index in [-0.39, 0.29) is 0 Å². The van der Waals surface area contributed by atoms with Gasteiger partial charge in [0.15, 0.2) is 0 Å². The standard InChI is InChI=1S/C13H16N2/c1-2-5-10-8-9-15-12-7-4-3-6-11(12)14-13(10)15/h3-4,6-7,10H,2,5,8-9H2,1H3/t10-/m1/s1. The van der Waals surface area contributed by atoms with E-state index in [0.29, 0.717) is 5.92 Å². The van der Waals surface area contributed by atoms with Crippen molar-refractivity contribution in [2.24, 2.45) is 0 Å². The number of aromatic nitrogens is 2. The average Bonchev–Trinajstić information content (AvgIpc) is 2.79. The van der Waals surface area contributed by atoms with Crippen LogP contribution in [0.5, 0.6) is 0 Å². The zero-order valence-corrected chi connectivity index (χ0v) is 9.11. The van der Waals surface area contributed by atoms with E-state index in [1.165, 1.54) is 30.6 Å². The summed E-state index contributed by atoms with van der Waals surface area (Å²) >= 11 is 0. The molecule has 0 N–H and O–H groups in total. The second kappa shape index (κ2) is 3.37. The Bertz CT molecular complexity index is 484. The summed E-state index contributed by atoms with van der Waals surface area (Å²) in [5.41, 5.74) is 2.47. The summed E-state index contributed by atoms with van der Waals surface area (Å²) in [4.78, 5) is 4.76. The third kappa shape index (κ3) is 1.28. The smallest absolute Gasteiger partial charge is 0.113 e. The van der Waals surface area contributed by atoms with Gasteiger partial charge in [-0.05, 0) is 25.0 Å². The normalized spacial score (nSPS) is 19.7. The van der Waals surface area contributed by atoms with Crippen molar-refractivity contribution in [2.45, 2.75) is 38.6 Å². The summed E-state index contributed by atoms with van der Waals surface area (Å²) in [7, 11) is 0. The lowest BCUT2D eigenvalue weighted by molar-refractivity contribution is 0.596. The zero-order chi connectivity index (χ0) is 10.3. The Kier molecular flexibility index (Phi) is 2.01. The first-order valence-corrected chi connectivity index (χ1v) is 5.85. The van der Waals surface area contributed by atoms with E-state index in [1.807, 2.05) is 0 Å². The molecule has 2 nitrogen and oxygen atoms in total. The minimum Gasteiger partial charge on any atom is -0.328 e. The molecular formula is C13H16N2. The van der Waals surface area contributed by atoms with E-state index in [1.54, 1.807) is 0 Å². The molecule has 2 heterocycles. The maximum absolute atomic E-state index is 4.76. The molecule has 78 valence electrons. The fraction of sp³-hybridized carbons (Fsp3) is 0.462. The van der Waals surface area contributed by atoms with Crippen molar-refractivity contribution in [3.05, 3.63) is 30.1 Å². The van der Waals surface area contributed by atoms with Gasteiger partial charge in [0.1, 0.15) is 5.82 Å². The first-order chi connectivity index (χ1) is 7.40. The molecule has 0 saturated heterocycles. The van der Waals surface area contributed by atoms with Crippen LogP contribution in [-0.2, 0) is 6.54 Å². The number of hydrogen-bond donors (Lipinski definition) is 0. The molecule has 1 aromatic carbocycles. The highest BCUT2D eigenvalue weighted by Gasteiger charge is 2.25. The van der Waals surface area contributed by atoms with Crippen molar-refractivity contribution in [1.82, 2.24) is 9.55 Å². The van der Waals surface area contributed by atoms with Crippen LogP contribution in [0.1, 0.15) is 37.9 Å². The van der Waals surface area contributed by atoms with Gasteiger partial charge in [-0.1, -0.05) is 25.5 Å². The van der Waals surface area contributed by atoms with Gasteiger partial charge in [0.05, 0.1) is 11.0 Å². The quantitative estimate of drug-likeness (QED) is 0.727. The van der Waals surface area contributed by atoms with Crippen molar-refractivity contribution in [1.29, 1.82) is 0 Å². The van der Waals surface area contributed by atoms with Crippen molar-refractivity contribution in [2.75, 3.05) is 0 Å². The Hall–Kier alpha value is -1.31. The molecule has 1 aliphatic heterocycles. The SMILES string of the molecule is CCC[C@@H]1CCn2c1nc1ccccc12. The number of aryl methyl sites for hydroxylation is 1. The van der Waals surface area contributed by atoms with E-state index in [9.17, 15) is 0 Å². The molecule has 0 aliphatic carbocycles. The molecule has 0 spiro atoms. The van der Waals surface area contributed by atoms with Crippen molar-refractivity contribution < 1.29 is 0 Å². The highest BCUT2D eigenvalue weighted by molar-refractivity contribution is 5.76. The predicted molar refractivity (Wildman–Crippen MR) is 62.0 cm³/mol. The molecule has 1 aromatic heterocycles. The number of hydrogen-bond acceptors (Lipinski definition) is 1. The zero-order valence-electron chi connectivity index (χ0n) is 9.11. The van der Waals surface area contributed by atoms with E-state index < -0.39 is 0 Å². The number of imidazole rings is 1. The first kappa shape index (κ1) is 8.96. The fourth-order valence-corrected chi connectivity index (χ4v) is 2.68. The van der Waals surface area contributed by atoms with Crippen LogP contribution in [0.3, 0.4) is 0 Å². The van der Waals surface area contributed by atoms with Crippen LogP contribution in [0.15, 0.2) is 24.3 Å². The van der Waals surface area contributed by atoms with Crippen LogP contribution in [0.25, 0.3) is 11.0 Å². The summed E-state index contributed by atoms with van der Waals surface area (Å²) in [6, 6.07) is 8.47. The van der Waals surface area contributed by atoms with Crippen molar-refractivity contribution in [3.63, 3.8) is 0 Å². The third-order valence-electron chi connectivity index (χ3n) is 3.39. The van der Waals surface area contributed by atoms with Crippen LogP contribution >= 0.6 is 0 Å². The minimum absolute atomic E-state index is 0.697. The molecule has 0 radical (unpaired) electrons. The second-order valence-corrected chi connectivity index (χ2v) is 4.38. The van der Waals surface area contributed by atoms with E-state index in [0.717, 1.165) is 12.1 Å². The number of fused-ring (bicyclic) bond motifs is 3. The molecular weight excluding hydrogens is 184 g/mol. The molecule has 1 aliphatic rings. The highest BCUT2D eigenvalue weighted by atomic mass is 15.1. The highest BCUT2D eigenvalue weighted by Crippen LogP contribution is 2.34. The number of benzene rings is 1. The third-order valence-corrected chi connectivity index (χ3v) is 3.39. The summed E-state index contributed by atoms with van der Waals surface area (Å²) in [6.45, 7) is 3.41. The summed E-state index contributed by atoms with van der Waals surface area (Å²) in [5.74, 6) is 2.01. The van der Waals surface area contributed by atoms with Gasteiger partial charge in [-0.25, -0.2) is 4.98 Å². The summed E-state index contributed by atoms with van der Waals surface area (Å²) < 4.78 is 2.40. The Morgan fingerprint density at radius 1 is 1.40 bits per heavy atom. The van der Waals surface area contributed by atoms with Gasteiger partial charge < -0.3 is 4.57 Å². The second-order valence-electron chi connectivity index (χ2n) is 4.38. The maximum atomic E-state index is 4.76. The van der Waals surface area contributed by atoms with Crippen LogP contribution < -0.4 is 0 Å². The topological polar surface area (TPSA) is 17.8 Å². The molecule has 0 amide bonds. The largest absolute Gasteiger partial charge is 0.328 e. The summed E-state index contributed by atoms with van der Waals surface area (Å²) in [6.07, 6.45) is 3.82. The van der Waals surface area contributed by atoms with Crippen molar-refractivity contribution in [3.8, 4) is 0 Å². The molecule has 2 aromatic rings. The van der Waals surface area contributed by atoms with Gasteiger partial charge >= 0.3 is 0 Å². The van der Waals surface area contributed by atoms with Crippen LogP contribution in [0, 0.1) is 0 Å². The van der Waals surface area contributed by atoms with Gasteiger partial charge in [0.25, 0.3) is 0 Å². The molecule has 1 atom stereocenters. The molecule has 0 saturated carbocycles. The number of rotatable bonds is 2. The lowest BCUT2D eigenvalue weighted by Crippen LogP contribution is -1.95. The monoisotopic (exact) mass is 200 g/mol. The van der Waals surface area contributed by atoms with Gasteiger partial charge in [-0.3, -0.25) is 0 Å². The predicted octanol–water partition coefficient (Wildman–Crippen LogP) is 3.32. The molecule has 0 fully saturated rings. The average molecular weight is 200 g/mol. The maximum Gasteiger partial charge on any atom is 0.113 e. The fourth-order valence-electron chi connectivity index (χ4n) is 2.68. The van der Waals surface area contributed by atoms with Crippen LogP contribution in [-0.4, -0.2) is 9.55 Å². The lowest BCUT2D eigenvalue weighted by Gasteiger charge is -2.04. The summed E-state index contributed by atoms with van der Waals surface area (Å²) in [5, 5.41) is 0. The van der Waals surface area contributed by atoms with E-state index in [4.69, 9.17) is 4.98 Å². The van der Waals surface area contributed by atoms with Gasteiger partial charge in [0.2, 0.25) is 0 Å². The van der Waals surface area contributed by atoms with Gasteiger partial charge in [-0.15, -0.1) is 0 Å².